The average Bonchev–Trinajstić information content (AvgIpc) is 2.16. The number of benzene rings is 1. The van der Waals surface area contributed by atoms with E-state index in [2.05, 4.69) is 0 Å². The molecule has 0 radical (unpaired) electrons. The summed E-state index contributed by atoms with van der Waals surface area (Å²) in [6.45, 7) is 3.54. The van der Waals surface area contributed by atoms with Crippen LogP contribution in [0.2, 0.25) is 0 Å². The van der Waals surface area contributed by atoms with E-state index in [1.165, 1.54) is 18.2 Å². The summed E-state index contributed by atoms with van der Waals surface area (Å²) in [5, 5.41) is 18.5. The van der Waals surface area contributed by atoms with Gasteiger partial charge in [0.1, 0.15) is 11.6 Å². The highest BCUT2D eigenvalue weighted by Crippen LogP contribution is 2.26. The minimum atomic E-state index is -0.706. The van der Waals surface area contributed by atoms with E-state index in [-0.39, 0.29) is 0 Å². The van der Waals surface area contributed by atoms with Gasteiger partial charge in [0.05, 0.1) is 18.8 Å². The van der Waals surface area contributed by atoms with E-state index in [1.54, 1.807) is 13.8 Å². The van der Waals surface area contributed by atoms with Crippen LogP contribution in [-0.4, -0.2) is 22.9 Å². The molecule has 0 aliphatic carbocycles. The van der Waals surface area contributed by atoms with E-state index in [0.717, 1.165) is 0 Å². The summed E-state index contributed by atoms with van der Waals surface area (Å²) < 4.78 is 18.3. The maximum absolute atomic E-state index is 13.0. The number of rotatable bonds is 5. The molecule has 0 saturated carbocycles. The van der Waals surface area contributed by atoms with Crippen LogP contribution in [0.25, 0.3) is 0 Å². The van der Waals surface area contributed by atoms with E-state index in [1.807, 2.05) is 0 Å². The summed E-state index contributed by atoms with van der Waals surface area (Å²) >= 11 is 0. The lowest BCUT2D eigenvalue weighted by molar-refractivity contribution is 0.151. The fraction of sp³-hybridized carbons (Fsp3) is 0.500. The summed E-state index contributed by atoms with van der Waals surface area (Å²) in [5.41, 5.74) is 0.548. The fourth-order valence-corrected chi connectivity index (χ4v) is 1.32. The highest BCUT2D eigenvalue weighted by atomic mass is 19.1. The topological polar surface area (TPSA) is 49.7 Å². The smallest absolute Gasteiger partial charge is 0.127 e. The predicted molar refractivity (Wildman–Crippen MR) is 58.8 cm³/mol. The van der Waals surface area contributed by atoms with E-state index >= 15 is 0 Å². The van der Waals surface area contributed by atoms with Gasteiger partial charge in [-0.1, -0.05) is 0 Å². The third kappa shape index (κ3) is 3.79. The molecule has 0 heterocycles. The number of ether oxygens (including phenoxy) is 1. The first-order valence-electron chi connectivity index (χ1n) is 5.29. The molecule has 0 saturated heterocycles. The number of aliphatic hydroxyl groups is 2. The molecule has 0 bridgehead atoms. The van der Waals surface area contributed by atoms with Crippen molar-refractivity contribution in [2.75, 3.05) is 6.61 Å². The second kappa shape index (κ2) is 5.82. The molecule has 0 amide bonds. The van der Waals surface area contributed by atoms with Gasteiger partial charge in [0.25, 0.3) is 0 Å². The van der Waals surface area contributed by atoms with Gasteiger partial charge in [-0.3, -0.25) is 0 Å². The lowest BCUT2D eigenvalue weighted by Gasteiger charge is -2.14. The molecule has 2 N–H and O–H groups in total. The molecule has 0 spiro atoms. The lowest BCUT2D eigenvalue weighted by Crippen LogP contribution is -2.09. The molecular formula is C12H17FO3. The Morgan fingerprint density at radius 3 is 2.56 bits per heavy atom. The molecule has 90 valence electrons. The quantitative estimate of drug-likeness (QED) is 0.810. The first-order valence-corrected chi connectivity index (χ1v) is 5.29. The van der Waals surface area contributed by atoms with Crippen LogP contribution in [-0.2, 0) is 0 Å². The van der Waals surface area contributed by atoms with Crippen LogP contribution < -0.4 is 4.74 Å². The van der Waals surface area contributed by atoms with Crippen LogP contribution in [0.1, 0.15) is 31.9 Å². The van der Waals surface area contributed by atoms with Crippen molar-refractivity contribution in [3.05, 3.63) is 29.6 Å². The standard InChI is InChI=1S/C12H17FO3/c1-8(14)5-6-16-12-7-10(13)3-4-11(12)9(2)15/h3-4,7-9,14-15H,5-6H2,1-2H3/t8?,9-/m1/s1. The summed E-state index contributed by atoms with van der Waals surface area (Å²) in [7, 11) is 0. The van der Waals surface area contributed by atoms with Crippen molar-refractivity contribution in [1.29, 1.82) is 0 Å². The normalized spacial score (nSPS) is 14.6. The average molecular weight is 228 g/mol. The van der Waals surface area contributed by atoms with Gasteiger partial charge in [-0.15, -0.1) is 0 Å². The SMILES string of the molecule is CC(O)CCOc1cc(F)ccc1[C@@H](C)O. The van der Waals surface area contributed by atoms with Gasteiger partial charge in [-0.2, -0.15) is 0 Å². The van der Waals surface area contributed by atoms with Gasteiger partial charge < -0.3 is 14.9 Å². The Balaban J connectivity index is 2.72. The van der Waals surface area contributed by atoms with Crippen LogP contribution in [0.15, 0.2) is 18.2 Å². The molecule has 0 fully saturated rings. The molecule has 1 aromatic rings. The van der Waals surface area contributed by atoms with Gasteiger partial charge in [0.15, 0.2) is 0 Å². The van der Waals surface area contributed by atoms with Gasteiger partial charge in [-0.25, -0.2) is 4.39 Å². The molecule has 0 aliphatic heterocycles. The van der Waals surface area contributed by atoms with Crippen LogP contribution >= 0.6 is 0 Å². The molecule has 16 heavy (non-hydrogen) atoms. The van der Waals surface area contributed by atoms with Crippen molar-refractivity contribution in [2.45, 2.75) is 32.5 Å². The highest BCUT2D eigenvalue weighted by molar-refractivity contribution is 5.35. The Kier molecular flexibility index (Phi) is 4.71. The zero-order valence-corrected chi connectivity index (χ0v) is 9.48. The third-order valence-electron chi connectivity index (χ3n) is 2.22. The van der Waals surface area contributed by atoms with Gasteiger partial charge in [0.2, 0.25) is 0 Å². The number of halogens is 1. The maximum atomic E-state index is 13.0. The minimum Gasteiger partial charge on any atom is -0.493 e. The molecule has 0 aliphatic rings. The summed E-state index contributed by atoms with van der Waals surface area (Å²) in [6, 6.07) is 4.02. The minimum absolute atomic E-state index is 0.292. The second-order valence-corrected chi connectivity index (χ2v) is 3.84. The Morgan fingerprint density at radius 1 is 1.31 bits per heavy atom. The van der Waals surface area contributed by atoms with E-state index < -0.39 is 18.0 Å². The van der Waals surface area contributed by atoms with Crippen molar-refractivity contribution >= 4 is 0 Å². The van der Waals surface area contributed by atoms with Gasteiger partial charge in [-0.05, 0) is 26.0 Å². The Hall–Kier alpha value is -1.13. The zero-order chi connectivity index (χ0) is 12.1. The number of hydrogen-bond donors (Lipinski definition) is 2. The van der Waals surface area contributed by atoms with Crippen molar-refractivity contribution in [1.82, 2.24) is 0 Å². The predicted octanol–water partition coefficient (Wildman–Crippen LogP) is 2.03. The van der Waals surface area contributed by atoms with Crippen molar-refractivity contribution in [2.24, 2.45) is 0 Å². The second-order valence-electron chi connectivity index (χ2n) is 3.84. The van der Waals surface area contributed by atoms with Crippen molar-refractivity contribution < 1.29 is 19.3 Å². The van der Waals surface area contributed by atoms with Crippen LogP contribution in [0.4, 0.5) is 4.39 Å². The van der Waals surface area contributed by atoms with E-state index in [4.69, 9.17) is 9.84 Å². The molecular weight excluding hydrogens is 211 g/mol. The van der Waals surface area contributed by atoms with E-state index in [9.17, 15) is 9.50 Å². The molecule has 0 aromatic heterocycles. The van der Waals surface area contributed by atoms with Gasteiger partial charge in [0, 0.05) is 18.1 Å². The Bertz CT molecular complexity index is 337. The summed E-state index contributed by atoms with van der Waals surface area (Å²) in [5.74, 6) is -0.0768. The third-order valence-corrected chi connectivity index (χ3v) is 2.22. The first-order chi connectivity index (χ1) is 7.50. The number of hydrogen-bond acceptors (Lipinski definition) is 3. The maximum Gasteiger partial charge on any atom is 0.127 e. The Labute approximate surface area is 94.5 Å². The van der Waals surface area contributed by atoms with E-state index in [0.29, 0.717) is 24.3 Å². The lowest BCUT2D eigenvalue weighted by atomic mass is 10.1. The summed E-state index contributed by atoms with van der Waals surface area (Å²) in [4.78, 5) is 0. The largest absolute Gasteiger partial charge is 0.493 e. The summed E-state index contributed by atoms with van der Waals surface area (Å²) in [6.07, 6.45) is -0.693. The zero-order valence-electron chi connectivity index (χ0n) is 9.48. The number of aliphatic hydroxyl groups excluding tert-OH is 2. The molecule has 1 aromatic carbocycles. The molecule has 3 nitrogen and oxygen atoms in total. The fourth-order valence-electron chi connectivity index (χ4n) is 1.32. The van der Waals surface area contributed by atoms with Crippen LogP contribution in [0.3, 0.4) is 0 Å². The highest BCUT2D eigenvalue weighted by Gasteiger charge is 2.10. The molecule has 2 atom stereocenters. The molecule has 1 rings (SSSR count). The van der Waals surface area contributed by atoms with Crippen molar-refractivity contribution in [3.63, 3.8) is 0 Å². The molecule has 1 unspecified atom stereocenters. The monoisotopic (exact) mass is 228 g/mol. The first kappa shape index (κ1) is 12.9. The van der Waals surface area contributed by atoms with Crippen LogP contribution in [0, 0.1) is 5.82 Å². The Morgan fingerprint density at radius 2 is 2.00 bits per heavy atom. The van der Waals surface area contributed by atoms with Crippen molar-refractivity contribution in [3.8, 4) is 5.75 Å². The molecule has 4 heteroatoms. The van der Waals surface area contributed by atoms with Crippen LogP contribution in [0.5, 0.6) is 5.75 Å². The van der Waals surface area contributed by atoms with Gasteiger partial charge >= 0.3 is 0 Å².